The monoisotopic (exact) mass is 334 g/mol. The van der Waals surface area contributed by atoms with Crippen LogP contribution in [0.2, 0.25) is 0 Å². The van der Waals surface area contributed by atoms with Gasteiger partial charge in [0, 0.05) is 5.92 Å². The number of allylic oxidation sites excluding steroid dienone is 1. The summed E-state index contributed by atoms with van der Waals surface area (Å²) in [6.07, 6.45) is 9.47. The molecule has 0 bridgehead atoms. The molecular weight excluding hydrogens is 308 g/mol. The normalized spacial score (nSPS) is 18.0. The molecule has 1 saturated carbocycles. The molecule has 2 aromatic rings. The molecule has 1 aliphatic rings. The van der Waals surface area contributed by atoms with E-state index >= 15 is 0 Å². The number of ether oxygens (including phenoxy) is 1. The molecule has 1 atom stereocenters. The third-order valence-corrected chi connectivity index (χ3v) is 5.37. The van der Waals surface area contributed by atoms with Gasteiger partial charge in [0.2, 0.25) is 0 Å². The zero-order chi connectivity index (χ0) is 17.5. The van der Waals surface area contributed by atoms with Crippen LogP contribution in [0.15, 0.2) is 66.7 Å². The summed E-state index contributed by atoms with van der Waals surface area (Å²) in [7, 11) is 1.52. The zero-order valence-corrected chi connectivity index (χ0v) is 14.9. The van der Waals surface area contributed by atoms with Crippen LogP contribution >= 0.6 is 0 Å². The maximum absolute atomic E-state index is 12.9. The minimum Gasteiger partial charge on any atom is -0.469 e. The molecule has 2 aromatic carbocycles. The Labute approximate surface area is 150 Å². The van der Waals surface area contributed by atoms with Crippen molar-refractivity contribution in [2.24, 2.45) is 5.41 Å². The molecule has 3 rings (SSSR count). The summed E-state index contributed by atoms with van der Waals surface area (Å²) in [6, 6.07) is 20.6. The molecule has 0 heterocycles. The number of esters is 1. The van der Waals surface area contributed by atoms with Gasteiger partial charge in [0.1, 0.15) is 0 Å². The molecule has 0 saturated heterocycles. The molecule has 0 aliphatic heterocycles. The smallest absolute Gasteiger partial charge is 0.312 e. The van der Waals surface area contributed by atoms with E-state index in [1.807, 2.05) is 36.4 Å². The van der Waals surface area contributed by atoms with Crippen molar-refractivity contribution in [3.63, 3.8) is 0 Å². The van der Waals surface area contributed by atoms with Crippen LogP contribution in [0.1, 0.15) is 49.1 Å². The number of rotatable bonds is 5. The van der Waals surface area contributed by atoms with Gasteiger partial charge in [-0.25, -0.2) is 0 Å². The highest BCUT2D eigenvalue weighted by molar-refractivity contribution is 5.79. The second kappa shape index (κ2) is 8.15. The molecule has 0 radical (unpaired) electrons. The van der Waals surface area contributed by atoms with Crippen LogP contribution in [0.4, 0.5) is 0 Å². The van der Waals surface area contributed by atoms with Crippen LogP contribution in [0, 0.1) is 5.41 Å². The van der Waals surface area contributed by atoms with E-state index in [4.69, 9.17) is 4.74 Å². The maximum atomic E-state index is 12.9. The second-order valence-corrected chi connectivity index (χ2v) is 6.87. The lowest BCUT2D eigenvalue weighted by Crippen LogP contribution is -2.39. The molecule has 2 nitrogen and oxygen atoms in total. The van der Waals surface area contributed by atoms with Crippen LogP contribution in [0.25, 0.3) is 6.08 Å². The SMILES string of the molecule is COC(=O)C1([C@@H](/C=C/c2ccccc2)c2ccccc2)CCCCC1. The Morgan fingerprint density at radius 1 is 0.960 bits per heavy atom. The fraction of sp³-hybridized carbons (Fsp3) is 0.348. The van der Waals surface area contributed by atoms with E-state index in [-0.39, 0.29) is 11.9 Å². The van der Waals surface area contributed by atoms with E-state index in [2.05, 4.69) is 36.4 Å². The standard InChI is InChI=1S/C23H26O2/c1-25-22(24)23(17-9-4-10-18-23)21(20-13-7-3-8-14-20)16-15-19-11-5-2-6-12-19/h2-3,5-8,11-16,21H,4,9-10,17-18H2,1H3/b16-15+/t21-/m0/s1. The van der Waals surface area contributed by atoms with Gasteiger partial charge in [-0.2, -0.15) is 0 Å². The lowest BCUT2D eigenvalue weighted by Gasteiger charge is -2.40. The van der Waals surface area contributed by atoms with Crippen LogP contribution in [0.5, 0.6) is 0 Å². The summed E-state index contributed by atoms with van der Waals surface area (Å²) in [5.74, 6) is -0.0413. The number of carbonyl (C=O) groups excluding carboxylic acids is 1. The highest BCUT2D eigenvalue weighted by Gasteiger charge is 2.46. The van der Waals surface area contributed by atoms with Crippen molar-refractivity contribution in [3.8, 4) is 0 Å². The summed E-state index contributed by atoms with van der Waals surface area (Å²) in [6.45, 7) is 0. The van der Waals surface area contributed by atoms with Crippen molar-refractivity contribution in [1.82, 2.24) is 0 Å². The molecule has 1 fully saturated rings. The van der Waals surface area contributed by atoms with E-state index in [9.17, 15) is 4.79 Å². The first-order valence-corrected chi connectivity index (χ1v) is 9.13. The van der Waals surface area contributed by atoms with E-state index in [1.54, 1.807) is 0 Å². The molecule has 0 N–H and O–H groups in total. The first kappa shape index (κ1) is 17.5. The number of hydrogen-bond donors (Lipinski definition) is 0. The third-order valence-electron chi connectivity index (χ3n) is 5.37. The fourth-order valence-corrected chi connectivity index (χ4v) is 4.07. The van der Waals surface area contributed by atoms with Gasteiger partial charge >= 0.3 is 5.97 Å². The Morgan fingerprint density at radius 3 is 2.16 bits per heavy atom. The minimum absolute atomic E-state index is 0.0293. The summed E-state index contributed by atoms with van der Waals surface area (Å²) < 4.78 is 5.27. The van der Waals surface area contributed by atoms with Gasteiger partial charge in [-0.1, -0.05) is 92.1 Å². The van der Waals surface area contributed by atoms with Crippen molar-refractivity contribution < 1.29 is 9.53 Å². The Balaban J connectivity index is 2.03. The predicted octanol–water partition coefficient (Wildman–Crippen LogP) is 5.61. The molecule has 2 heteroatoms. The molecule has 130 valence electrons. The average molecular weight is 334 g/mol. The lowest BCUT2D eigenvalue weighted by atomic mass is 9.63. The van der Waals surface area contributed by atoms with Crippen molar-refractivity contribution in [2.75, 3.05) is 7.11 Å². The van der Waals surface area contributed by atoms with E-state index in [0.717, 1.165) is 31.2 Å². The van der Waals surface area contributed by atoms with Gasteiger partial charge in [0.25, 0.3) is 0 Å². The number of carbonyl (C=O) groups is 1. The summed E-state index contributed by atoms with van der Waals surface area (Å²) in [5.41, 5.74) is 1.88. The van der Waals surface area contributed by atoms with Gasteiger partial charge in [0.05, 0.1) is 12.5 Å². The highest BCUT2D eigenvalue weighted by atomic mass is 16.5. The summed E-state index contributed by atoms with van der Waals surface area (Å²) in [4.78, 5) is 12.9. The van der Waals surface area contributed by atoms with Gasteiger partial charge in [0.15, 0.2) is 0 Å². The van der Waals surface area contributed by atoms with Crippen LogP contribution in [0.3, 0.4) is 0 Å². The third kappa shape index (κ3) is 3.84. The Hall–Kier alpha value is -2.35. The van der Waals surface area contributed by atoms with Crippen molar-refractivity contribution >= 4 is 12.0 Å². The molecule has 0 unspecified atom stereocenters. The topological polar surface area (TPSA) is 26.3 Å². The predicted molar refractivity (Wildman–Crippen MR) is 102 cm³/mol. The fourth-order valence-electron chi connectivity index (χ4n) is 4.07. The number of hydrogen-bond acceptors (Lipinski definition) is 2. The quantitative estimate of drug-likeness (QED) is 0.665. The van der Waals surface area contributed by atoms with Crippen LogP contribution in [-0.4, -0.2) is 13.1 Å². The average Bonchev–Trinajstić information content (AvgIpc) is 2.70. The zero-order valence-electron chi connectivity index (χ0n) is 14.9. The molecular formula is C23H26O2. The number of benzene rings is 2. The Kier molecular flexibility index (Phi) is 5.70. The molecule has 0 aromatic heterocycles. The van der Waals surface area contributed by atoms with E-state index in [0.29, 0.717) is 0 Å². The molecule has 0 spiro atoms. The first-order valence-electron chi connectivity index (χ1n) is 9.13. The van der Waals surface area contributed by atoms with Gasteiger partial charge < -0.3 is 4.74 Å². The largest absolute Gasteiger partial charge is 0.469 e. The Morgan fingerprint density at radius 2 is 1.56 bits per heavy atom. The minimum atomic E-state index is -0.459. The van der Waals surface area contributed by atoms with Gasteiger partial charge in [-0.3, -0.25) is 4.79 Å². The molecule has 0 amide bonds. The summed E-state index contributed by atoms with van der Waals surface area (Å²) in [5, 5.41) is 0. The van der Waals surface area contributed by atoms with Crippen molar-refractivity contribution in [3.05, 3.63) is 77.9 Å². The number of methoxy groups -OCH3 is 1. The second-order valence-electron chi connectivity index (χ2n) is 6.87. The van der Waals surface area contributed by atoms with Crippen LogP contribution in [-0.2, 0) is 9.53 Å². The van der Waals surface area contributed by atoms with Crippen LogP contribution < -0.4 is 0 Å². The Bertz CT molecular complexity index is 697. The van der Waals surface area contributed by atoms with Gasteiger partial charge in [-0.05, 0) is 24.0 Å². The van der Waals surface area contributed by atoms with E-state index in [1.165, 1.54) is 19.1 Å². The van der Waals surface area contributed by atoms with Crippen molar-refractivity contribution in [1.29, 1.82) is 0 Å². The highest BCUT2D eigenvalue weighted by Crippen LogP contribution is 2.49. The lowest BCUT2D eigenvalue weighted by molar-refractivity contribution is -0.156. The first-order chi connectivity index (χ1) is 12.3. The van der Waals surface area contributed by atoms with Crippen molar-refractivity contribution in [2.45, 2.75) is 38.0 Å². The maximum Gasteiger partial charge on any atom is 0.312 e. The molecule has 25 heavy (non-hydrogen) atoms. The van der Waals surface area contributed by atoms with Gasteiger partial charge in [-0.15, -0.1) is 0 Å². The van der Waals surface area contributed by atoms with E-state index < -0.39 is 5.41 Å². The molecule has 1 aliphatic carbocycles. The summed E-state index contributed by atoms with van der Waals surface area (Å²) >= 11 is 0.